The molecule has 0 radical (unpaired) electrons. The molecule has 2 fully saturated rings. The molecule has 1 aromatic carbocycles. The number of ether oxygens (including phenoxy) is 1. The van der Waals surface area contributed by atoms with Crippen molar-refractivity contribution in [3.63, 3.8) is 0 Å². The molecule has 1 saturated carbocycles. The number of nitrogens with zero attached hydrogens (tertiary/aromatic N) is 1. The first kappa shape index (κ1) is 24.9. The van der Waals surface area contributed by atoms with E-state index >= 15 is 0 Å². The smallest absolute Gasteiger partial charge is 0.324 e. The van der Waals surface area contributed by atoms with E-state index in [0.717, 1.165) is 18.9 Å². The number of likely N-dealkylation sites (N-methyl/N-ethyl adjacent to an activating group) is 1. The van der Waals surface area contributed by atoms with E-state index in [1.165, 1.54) is 24.1 Å². The number of halogens is 1. The number of amides is 4. The van der Waals surface area contributed by atoms with Gasteiger partial charge in [-0.05, 0) is 49.3 Å². The minimum absolute atomic E-state index is 0.0104. The zero-order valence-corrected chi connectivity index (χ0v) is 19.3. The first-order chi connectivity index (χ1) is 15.7. The summed E-state index contributed by atoms with van der Waals surface area (Å²) in [6.07, 6.45) is 3.42. The summed E-state index contributed by atoms with van der Waals surface area (Å²) in [4.78, 5) is 36.4. The predicted octanol–water partition coefficient (Wildman–Crippen LogP) is 1.04. The van der Waals surface area contributed by atoms with E-state index in [1.54, 1.807) is 0 Å². The Hall–Kier alpha value is -2.73. The topological polar surface area (TPSA) is 134 Å². The molecule has 0 aromatic heterocycles. The van der Waals surface area contributed by atoms with Crippen LogP contribution in [-0.2, 0) is 19.6 Å². The van der Waals surface area contributed by atoms with Crippen molar-refractivity contribution in [3.05, 3.63) is 29.6 Å². The fourth-order valence-corrected chi connectivity index (χ4v) is 4.70. The monoisotopic (exact) mass is 484 g/mol. The van der Waals surface area contributed by atoms with Crippen molar-refractivity contribution in [3.8, 4) is 5.75 Å². The summed E-state index contributed by atoms with van der Waals surface area (Å²) in [6.45, 7) is 0.742. The molecular formula is C21H29FN4O6S. The number of hydrogen-bond donors (Lipinski definition) is 3. The lowest BCUT2D eigenvalue weighted by Gasteiger charge is -2.19. The Morgan fingerprint density at radius 1 is 1.27 bits per heavy atom. The quantitative estimate of drug-likeness (QED) is 0.283. The second-order valence-corrected chi connectivity index (χ2v) is 10.1. The van der Waals surface area contributed by atoms with Gasteiger partial charge in [-0.25, -0.2) is 17.6 Å². The number of urea groups is 1. The number of unbranched alkanes of at least 4 members (excludes halogenated alkanes) is 2. The van der Waals surface area contributed by atoms with Gasteiger partial charge in [0, 0.05) is 13.6 Å². The van der Waals surface area contributed by atoms with Gasteiger partial charge < -0.3 is 15.0 Å². The Balaban J connectivity index is 1.55. The van der Waals surface area contributed by atoms with Crippen molar-refractivity contribution in [2.45, 2.75) is 38.1 Å². The molecule has 1 aromatic rings. The average molecular weight is 485 g/mol. The van der Waals surface area contributed by atoms with Crippen LogP contribution in [0.2, 0.25) is 0 Å². The first-order valence-electron chi connectivity index (χ1n) is 10.9. The van der Waals surface area contributed by atoms with Gasteiger partial charge in [-0.1, -0.05) is 12.5 Å². The molecule has 12 heteroatoms. The van der Waals surface area contributed by atoms with Crippen molar-refractivity contribution in [1.29, 1.82) is 0 Å². The Labute approximate surface area is 192 Å². The highest BCUT2D eigenvalue weighted by molar-refractivity contribution is 7.89. The molecule has 33 heavy (non-hydrogen) atoms. The molecule has 3 N–H and O–H groups in total. The molecule has 182 valence electrons. The molecule has 0 bridgehead atoms. The van der Waals surface area contributed by atoms with Gasteiger partial charge in [0.1, 0.15) is 12.6 Å². The minimum Gasteiger partial charge on any atom is -0.490 e. The van der Waals surface area contributed by atoms with Crippen LogP contribution in [0.3, 0.4) is 0 Å². The van der Waals surface area contributed by atoms with E-state index in [2.05, 4.69) is 15.4 Å². The van der Waals surface area contributed by atoms with Crippen LogP contribution in [0.25, 0.3) is 0 Å². The number of hydrogen-bond acceptors (Lipinski definition) is 6. The Morgan fingerprint density at radius 3 is 2.67 bits per heavy atom. The van der Waals surface area contributed by atoms with Crippen molar-refractivity contribution >= 4 is 27.9 Å². The zero-order valence-electron chi connectivity index (χ0n) is 18.4. The number of sulfonamides is 1. The van der Waals surface area contributed by atoms with Crippen LogP contribution in [0.15, 0.2) is 18.2 Å². The summed E-state index contributed by atoms with van der Waals surface area (Å²) in [7, 11) is -2.45. The number of benzene rings is 1. The lowest BCUT2D eigenvalue weighted by molar-refractivity contribution is -0.122. The van der Waals surface area contributed by atoms with Crippen molar-refractivity contribution in [2.24, 2.45) is 5.92 Å². The number of carbonyl (C=O) groups is 3. The highest BCUT2D eigenvalue weighted by Crippen LogP contribution is 2.31. The van der Waals surface area contributed by atoms with Gasteiger partial charge >= 0.3 is 6.03 Å². The van der Waals surface area contributed by atoms with E-state index in [-0.39, 0.29) is 29.5 Å². The second kappa shape index (κ2) is 10.9. The summed E-state index contributed by atoms with van der Waals surface area (Å²) in [5, 5.41) is 4.61. The van der Waals surface area contributed by atoms with Crippen LogP contribution >= 0.6 is 0 Å². The summed E-state index contributed by atoms with van der Waals surface area (Å²) in [6, 6.07) is 2.18. The van der Waals surface area contributed by atoms with E-state index in [4.69, 9.17) is 4.74 Å². The average Bonchev–Trinajstić information content (AvgIpc) is 3.54. The van der Waals surface area contributed by atoms with Gasteiger partial charge in [-0.15, -0.1) is 0 Å². The minimum atomic E-state index is -3.83. The van der Waals surface area contributed by atoms with Crippen LogP contribution in [0, 0.1) is 11.7 Å². The van der Waals surface area contributed by atoms with Crippen molar-refractivity contribution in [2.75, 3.05) is 32.5 Å². The zero-order chi connectivity index (χ0) is 24.0. The van der Waals surface area contributed by atoms with E-state index < -0.39 is 33.8 Å². The third-order valence-corrected chi connectivity index (χ3v) is 6.90. The molecule has 10 nitrogen and oxygen atoms in total. The van der Waals surface area contributed by atoms with E-state index in [9.17, 15) is 27.2 Å². The Bertz CT molecular complexity index is 998. The fourth-order valence-electron chi connectivity index (χ4n) is 3.39. The molecule has 0 spiro atoms. The first-order valence-corrected chi connectivity index (χ1v) is 12.6. The molecule has 1 heterocycles. The molecule has 3 rings (SSSR count). The molecule has 1 aliphatic heterocycles. The predicted molar refractivity (Wildman–Crippen MR) is 117 cm³/mol. The number of nitrogens with one attached hydrogen (secondary N) is 3. The van der Waals surface area contributed by atoms with Crippen LogP contribution in [0.1, 0.15) is 43.7 Å². The van der Waals surface area contributed by atoms with Gasteiger partial charge in [0.15, 0.2) is 11.6 Å². The molecule has 4 amide bonds. The highest BCUT2D eigenvalue weighted by Gasteiger charge is 2.28. The molecule has 0 unspecified atom stereocenters. The molecule has 1 saturated heterocycles. The lowest BCUT2D eigenvalue weighted by atomic mass is 10.1. The number of imide groups is 1. The van der Waals surface area contributed by atoms with Crippen molar-refractivity contribution in [1.82, 2.24) is 20.3 Å². The van der Waals surface area contributed by atoms with Gasteiger partial charge in [-0.3, -0.25) is 14.9 Å². The van der Waals surface area contributed by atoms with Crippen molar-refractivity contribution < 1.29 is 31.9 Å². The molecule has 2 aliphatic rings. The van der Waals surface area contributed by atoms with Gasteiger partial charge in [0.2, 0.25) is 21.8 Å². The summed E-state index contributed by atoms with van der Waals surface area (Å²) >= 11 is 0. The summed E-state index contributed by atoms with van der Waals surface area (Å²) in [5.41, 5.74) is 0.273. The van der Waals surface area contributed by atoms with Crippen LogP contribution in [-0.4, -0.2) is 63.7 Å². The van der Waals surface area contributed by atoms with Gasteiger partial charge in [-0.2, -0.15) is 4.72 Å². The third kappa shape index (κ3) is 7.39. The van der Waals surface area contributed by atoms with Crippen LogP contribution in [0.5, 0.6) is 5.75 Å². The van der Waals surface area contributed by atoms with Gasteiger partial charge in [0.25, 0.3) is 0 Å². The van der Waals surface area contributed by atoms with Crippen LogP contribution in [0.4, 0.5) is 9.18 Å². The Morgan fingerprint density at radius 2 is 2.03 bits per heavy atom. The standard InChI is InChI=1S/C21H29FN4O6S/c1-23-20(28)19(15-7-8-16(22)17(11-15)32-13-14-5-6-14)25-33(30,31)10-4-2-3-9-26-12-18(27)24-21(26)29/h7-8,11,14,19,25H,2-6,9-10,12-13H2,1H3,(H,23,28)(H,24,27,29)/t19-/m0/s1. The fraction of sp³-hybridized carbons (Fsp3) is 0.571. The molecular weight excluding hydrogens is 455 g/mol. The summed E-state index contributed by atoms with van der Waals surface area (Å²) in [5.74, 6) is -1.35. The maximum absolute atomic E-state index is 14.1. The largest absolute Gasteiger partial charge is 0.490 e. The normalized spacial score (nSPS) is 17.1. The third-order valence-electron chi connectivity index (χ3n) is 5.48. The van der Waals surface area contributed by atoms with E-state index in [0.29, 0.717) is 38.3 Å². The number of rotatable bonds is 13. The second-order valence-electron chi connectivity index (χ2n) is 8.26. The van der Waals surface area contributed by atoms with Crippen LogP contribution < -0.4 is 20.1 Å². The summed E-state index contributed by atoms with van der Waals surface area (Å²) < 4.78 is 47.2. The molecule has 1 aliphatic carbocycles. The van der Waals surface area contributed by atoms with E-state index in [1.807, 2.05) is 0 Å². The molecule has 1 atom stereocenters. The maximum atomic E-state index is 14.1. The highest BCUT2D eigenvalue weighted by atomic mass is 32.2. The maximum Gasteiger partial charge on any atom is 0.324 e. The lowest BCUT2D eigenvalue weighted by Crippen LogP contribution is -2.40. The SMILES string of the molecule is CNC(=O)[C@@H](NS(=O)(=O)CCCCCN1CC(=O)NC1=O)c1ccc(F)c(OCC2CC2)c1. The number of carbonyl (C=O) groups excluding carboxylic acids is 3. The van der Waals surface area contributed by atoms with Gasteiger partial charge in [0.05, 0.1) is 12.4 Å². The Kier molecular flexibility index (Phi) is 8.25.